The summed E-state index contributed by atoms with van der Waals surface area (Å²) in [5.41, 5.74) is 1.80. The molecule has 0 unspecified atom stereocenters. The van der Waals surface area contributed by atoms with E-state index in [9.17, 15) is 9.59 Å². The third-order valence-corrected chi connectivity index (χ3v) is 4.90. The van der Waals surface area contributed by atoms with E-state index in [4.69, 9.17) is 0 Å². The highest BCUT2D eigenvalue weighted by atomic mass is 16.2. The van der Waals surface area contributed by atoms with Gasteiger partial charge in [0.25, 0.3) is 0 Å². The number of hydrogen-bond donors (Lipinski definition) is 0. The first-order valence-electron chi connectivity index (χ1n) is 9.00. The largest absolute Gasteiger partial charge is 0.341 e. The van der Waals surface area contributed by atoms with E-state index in [1.165, 1.54) is 19.8 Å². The molecular formula is C19H26N4O2. The Labute approximate surface area is 148 Å². The molecule has 25 heavy (non-hydrogen) atoms. The van der Waals surface area contributed by atoms with Crippen LogP contribution in [-0.2, 0) is 22.7 Å². The van der Waals surface area contributed by atoms with Gasteiger partial charge in [0.2, 0.25) is 11.8 Å². The Hall–Kier alpha value is -2.37. The molecule has 3 rings (SSSR count). The van der Waals surface area contributed by atoms with Crippen LogP contribution in [-0.4, -0.2) is 51.3 Å². The SMILES string of the molecule is CC(=O)N(C)Cc1nc2ccccc2n1CC(=O)N1CCCCCC1. The number of benzene rings is 1. The van der Waals surface area contributed by atoms with Crippen LogP contribution >= 0.6 is 0 Å². The van der Waals surface area contributed by atoms with Crippen LogP contribution in [0.2, 0.25) is 0 Å². The third-order valence-electron chi connectivity index (χ3n) is 4.90. The van der Waals surface area contributed by atoms with Crippen LogP contribution in [0.3, 0.4) is 0 Å². The van der Waals surface area contributed by atoms with Crippen LogP contribution in [0.25, 0.3) is 11.0 Å². The van der Waals surface area contributed by atoms with Crippen molar-refractivity contribution in [1.29, 1.82) is 0 Å². The number of imidazole rings is 1. The summed E-state index contributed by atoms with van der Waals surface area (Å²) in [5, 5.41) is 0. The van der Waals surface area contributed by atoms with Crippen molar-refractivity contribution < 1.29 is 9.59 Å². The normalized spacial score (nSPS) is 15.2. The zero-order chi connectivity index (χ0) is 17.8. The maximum atomic E-state index is 12.8. The van der Waals surface area contributed by atoms with E-state index in [0.717, 1.165) is 42.8 Å². The molecule has 6 nitrogen and oxygen atoms in total. The predicted molar refractivity (Wildman–Crippen MR) is 96.9 cm³/mol. The summed E-state index contributed by atoms with van der Waals surface area (Å²) >= 11 is 0. The van der Waals surface area contributed by atoms with E-state index in [0.29, 0.717) is 6.54 Å². The van der Waals surface area contributed by atoms with Crippen LogP contribution < -0.4 is 0 Å². The molecule has 2 amide bonds. The minimum atomic E-state index is -0.0162. The van der Waals surface area contributed by atoms with E-state index in [1.54, 1.807) is 11.9 Å². The molecule has 1 aromatic heterocycles. The van der Waals surface area contributed by atoms with Gasteiger partial charge in [0, 0.05) is 27.1 Å². The van der Waals surface area contributed by atoms with Gasteiger partial charge in [-0.3, -0.25) is 9.59 Å². The quantitative estimate of drug-likeness (QED) is 0.857. The first-order chi connectivity index (χ1) is 12.1. The number of nitrogens with zero attached hydrogens (tertiary/aromatic N) is 4. The fourth-order valence-corrected chi connectivity index (χ4v) is 3.30. The molecular weight excluding hydrogens is 316 g/mol. The standard InChI is InChI=1S/C19H26N4O2/c1-15(24)21(2)13-18-20-16-9-5-6-10-17(16)23(18)14-19(25)22-11-7-3-4-8-12-22/h5-6,9-10H,3-4,7-8,11-14H2,1-2H3. The summed E-state index contributed by atoms with van der Waals surface area (Å²) < 4.78 is 1.96. The van der Waals surface area contributed by atoms with Crippen molar-refractivity contribution in [2.75, 3.05) is 20.1 Å². The lowest BCUT2D eigenvalue weighted by atomic mass is 10.2. The van der Waals surface area contributed by atoms with Crippen LogP contribution in [0.4, 0.5) is 0 Å². The molecule has 134 valence electrons. The topological polar surface area (TPSA) is 58.4 Å². The van der Waals surface area contributed by atoms with Gasteiger partial charge >= 0.3 is 0 Å². The highest BCUT2D eigenvalue weighted by Crippen LogP contribution is 2.18. The number of hydrogen-bond acceptors (Lipinski definition) is 3. The first kappa shape index (κ1) is 17.5. The van der Waals surface area contributed by atoms with E-state index in [1.807, 2.05) is 33.7 Å². The number of carbonyl (C=O) groups is 2. The van der Waals surface area contributed by atoms with Crippen LogP contribution in [0.1, 0.15) is 38.4 Å². The average Bonchev–Trinajstić information content (AvgIpc) is 2.78. The molecule has 1 aliphatic heterocycles. The van der Waals surface area contributed by atoms with Gasteiger partial charge in [0.15, 0.2) is 0 Å². The monoisotopic (exact) mass is 342 g/mol. The highest BCUT2D eigenvalue weighted by Gasteiger charge is 2.20. The molecule has 0 aliphatic carbocycles. The maximum absolute atomic E-state index is 12.8. The smallest absolute Gasteiger partial charge is 0.242 e. The molecule has 0 atom stereocenters. The Bertz CT molecular complexity index is 760. The Morgan fingerprint density at radius 1 is 1.12 bits per heavy atom. The number of amides is 2. The number of fused-ring (bicyclic) bond motifs is 1. The van der Waals surface area contributed by atoms with E-state index in [-0.39, 0.29) is 18.4 Å². The number of aromatic nitrogens is 2. The summed E-state index contributed by atoms with van der Waals surface area (Å²) in [7, 11) is 1.75. The van der Waals surface area contributed by atoms with Crippen molar-refractivity contribution in [1.82, 2.24) is 19.4 Å². The van der Waals surface area contributed by atoms with Crippen molar-refractivity contribution in [2.24, 2.45) is 0 Å². The molecule has 6 heteroatoms. The van der Waals surface area contributed by atoms with Crippen LogP contribution in [0, 0.1) is 0 Å². The number of likely N-dealkylation sites (tertiary alicyclic amines) is 1. The molecule has 0 saturated carbocycles. The number of para-hydroxylation sites is 2. The van der Waals surface area contributed by atoms with Crippen molar-refractivity contribution in [3.63, 3.8) is 0 Å². The van der Waals surface area contributed by atoms with Gasteiger partial charge in [-0.25, -0.2) is 4.98 Å². The number of rotatable bonds is 4. The van der Waals surface area contributed by atoms with Crippen molar-refractivity contribution >= 4 is 22.8 Å². The Kier molecular flexibility index (Phi) is 5.36. The zero-order valence-electron chi connectivity index (χ0n) is 15.1. The Morgan fingerprint density at radius 3 is 2.48 bits per heavy atom. The third kappa shape index (κ3) is 4.00. The highest BCUT2D eigenvalue weighted by molar-refractivity contribution is 5.81. The molecule has 0 bridgehead atoms. The predicted octanol–water partition coefficient (Wildman–Crippen LogP) is 2.42. The van der Waals surface area contributed by atoms with Gasteiger partial charge in [0.1, 0.15) is 12.4 Å². The van der Waals surface area contributed by atoms with Crippen LogP contribution in [0.5, 0.6) is 0 Å². The lowest BCUT2D eigenvalue weighted by Crippen LogP contribution is -2.35. The van der Waals surface area contributed by atoms with Crippen molar-refractivity contribution in [3.8, 4) is 0 Å². The second kappa shape index (κ2) is 7.68. The van der Waals surface area contributed by atoms with Crippen molar-refractivity contribution in [3.05, 3.63) is 30.1 Å². The fraction of sp³-hybridized carbons (Fsp3) is 0.526. The summed E-state index contributed by atoms with van der Waals surface area (Å²) in [6, 6.07) is 7.82. The second-order valence-corrected chi connectivity index (χ2v) is 6.77. The Balaban J connectivity index is 1.87. The van der Waals surface area contributed by atoms with Gasteiger partial charge in [-0.1, -0.05) is 25.0 Å². The zero-order valence-corrected chi connectivity index (χ0v) is 15.1. The Morgan fingerprint density at radius 2 is 1.80 bits per heavy atom. The van der Waals surface area contributed by atoms with E-state index in [2.05, 4.69) is 4.98 Å². The van der Waals surface area contributed by atoms with Gasteiger partial charge in [0.05, 0.1) is 17.6 Å². The van der Waals surface area contributed by atoms with Crippen molar-refractivity contribution in [2.45, 2.75) is 45.7 Å². The summed E-state index contributed by atoms with van der Waals surface area (Å²) in [4.78, 5) is 32.7. The molecule has 1 fully saturated rings. The van der Waals surface area contributed by atoms with Crippen LogP contribution in [0.15, 0.2) is 24.3 Å². The molecule has 1 saturated heterocycles. The first-order valence-corrected chi connectivity index (χ1v) is 9.00. The lowest BCUT2D eigenvalue weighted by molar-refractivity contribution is -0.131. The number of carbonyl (C=O) groups excluding carboxylic acids is 2. The van der Waals surface area contributed by atoms with E-state index < -0.39 is 0 Å². The fourth-order valence-electron chi connectivity index (χ4n) is 3.30. The lowest BCUT2D eigenvalue weighted by Gasteiger charge is -2.22. The minimum absolute atomic E-state index is 0.0162. The molecule has 1 aromatic carbocycles. The minimum Gasteiger partial charge on any atom is -0.341 e. The van der Waals surface area contributed by atoms with Gasteiger partial charge in [-0.2, -0.15) is 0 Å². The maximum Gasteiger partial charge on any atom is 0.242 e. The molecule has 0 N–H and O–H groups in total. The summed E-state index contributed by atoms with van der Waals surface area (Å²) in [6.07, 6.45) is 4.56. The molecule has 2 heterocycles. The van der Waals surface area contributed by atoms with Gasteiger partial charge in [-0.05, 0) is 25.0 Å². The molecule has 0 spiro atoms. The van der Waals surface area contributed by atoms with Gasteiger partial charge < -0.3 is 14.4 Å². The van der Waals surface area contributed by atoms with E-state index >= 15 is 0 Å². The second-order valence-electron chi connectivity index (χ2n) is 6.77. The summed E-state index contributed by atoms with van der Waals surface area (Å²) in [5.74, 6) is 0.872. The molecule has 0 radical (unpaired) electrons. The average molecular weight is 342 g/mol. The molecule has 2 aromatic rings. The molecule has 1 aliphatic rings. The summed E-state index contributed by atoms with van der Waals surface area (Å²) in [6.45, 7) is 3.90. The van der Waals surface area contributed by atoms with Gasteiger partial charge in [-0.15, -0.1) is 0 Å².